The van der Waals surface area contributed by atoms with Crippen LogP contribution in [0.1, 0.15) is 184 Å². The molecule has 0 heterocycles. The highest BCUT2D eigenvalue weighted by molar-refractivity contribution is 5.51. The summed E-state index contributed by atoms with van der Waals surface area (Å²) in [5.41, 5.74) is 9.31. The van der Waals surface area contributed by atoms with Crippen LogP contribution >= 0.6 is 0 Å². The van der Waals surface area contributed by atoms with Crippen molar-refractivity contribution in [3.63, 3.8) is 0 Å². The molecular weight excluding hydrogens is 1180 g/mol. The molecule has 0 spiro atoms. The fourth-order valence-electron chi connectivity index (χ4n) is 9.37. The van der Waals surface area contributed by atoms with Crippen molar-refractivity contribution in [3.05, 3.63) is 178 Å². The Bertz CT molecular complexity index is 3230. The van der Waals surface area contributed by atoms with Crippen molar-refractivity contribution in [1.82, 2.24) is 0 Å². The predicted molar refractivity (Wildman–Crippen MR) is 395 cm³/mol. The molecule has 0 saturated carbocycles. The van der Waals surface area contributed by atoms with E-state index in [9.17, 15) is 0 Å². The molecule has 12 heteroatoms. The van der Waals surface area contributed by atoms with Gasteiger partial charge in [-0.2, -0.15) is 0 Å². The van der Waals surface area contributed by atoms with Crippen LogP contribution in [0.2, 0.25) is 0 Å². The Morgan fingerprint density at radius 3 is 0.957 bits per heavy atom. The number of benzene rings is 7. The third-order valence-electron chi connectivity index (χ3n) is 14.9. The van der Waals surface area contributed by atoms with E-state index >= 15 is 0 Å². The van der Waals surface area contributed by atoms with Gasteiger partial charge in [0.25, 0.3) is 0 Å². The van der Waals surface area contributed by atoms with E-state index in [1.54, 1.807) is 85.3 Å². The second kappa shape index (κ2) is 37.9. The summed E-state index contributed by atoms with van der Waals surface area (Å²) in [4.78, 5) is 0. The van der Waals surface area contributed by atoms with Gasteiger partial charge in [0.05, 0.1) is 85.3 Å². The summed E-state index contributed by atoms with van der Waals surface area (Å²) in [6.07, 6.45) is 0. The first kappa shape index (κ1) is 84.2. The van der Waals surface area contributed by atoms with Crippen molar-refractivity contribution in [1.29, 1.82) is 0 Å². The maximum Gasteiger partial charge on any atom is 0.164 e. The summed E-state index contributed by atoms with van der Waals surface area (Å²) in [7, 11) is 20.0. The Labute approximate surface area is 570 Å². The van der Waals surface area contributed by atoms with E-state index in [-0.39, 0.29) is 32.5 Å². The molecule has 7 rings (SSSR count). The molecule has 0 atom stereocenters. The molecule has 94 heavy (non-hydrogen) atoms. The molecule has 0 saturated heterocycles. The second-order valence-corrected chi connectivity index (χ2v) is 29.5. The van der Waals surface area contributed by atoms with Gasteiger partial charge < -0.3 is 56.8 Å². The van der Waals surface area contributed by atoms with E-state index in [0.29, 0.717) is 5.41 Å². The Morgan fingerprint density at radius 1 is 0.191 bits per heavy atom. The number of para-hydroxylation sites is 1. The van der Waals surface area contributed by atoms with Crippen molar-refractivity contribution in [3.8, 4) is 69.0 Å². The summed E-state index contributed by atoms with van der Waals surface area (Å²) < 4.78 is 63.1. The normalized spacial score (nSPS) is 11.2. The molecule has 0 amide bonds. The van der Waals surface area contributed by atoms with Crippen LogP contribution < -0.4 is 56.8 Å². The Balaban J connectivity index is 0.000000549. The molecule has 0 aromatic heterocycles. The number of rotatable bonds is 12. The van der Waals surface area contributed by atoms with Gasteiger partial charge in [-0.25, -0.2) is 0 Å². The molecule has 7 aromatic carbocycles. The molecule has 0 unspecified atom stereocenters. The first-order valence-electron chi connectivity index (χ1n) is 31.9. The van der Waals surface area contributed by atoms with Gasteiger partial charge in [-0.3, -0.25) is 0 Å². The topological polar surface area (TPSA) is 111 Å². The van der Waals surface area contributed by atoms with Crippen LogP contribution in [0, 0.1) is 0 Å². The lowest BCUT2D eigenvalue weighted by atomic mass is 9.85. The minimum atomic E-state index is 0.0257. The standard InChI is InChI=1S/6C12H18O2.C10H14/c1-12(2,3)9-6-10(13-4)8-11(7-9)14-5;1-12(2,3)10-8-9(13-4)6-7-11(10)14-5;1-12(2,3)10-7-6-9(13-4)8-11(10)14-5;1-12(2,3)9-6-7-10(13-4)11(8-9)14-5;1-12(2,3)11-9(13-4)7-6-8-10(11)14-5;1-12(2,3)9-7-6-8-10(13-4)11(9)14-5;1-10(2,3)9-7-5-4-6-8-9/h6*6-8H,1-5H3;4-8H,1-3H3. The quantitative estimate of drug-likeness (QED) is 0.116. The molecule has 0 fully saturated rings. The van der Waals surface area contributed by atoms with Crippen LogP contribution in [0.4, 0.5) is 0 Å². The largest absolute Gasteiger partial charge is 0.497 e. The van der Waals surface area contributed by atoms with Gasteiger partial charge in [-0.1, -0.05) is 206 Å². The summed E-state index contributed by atoms with van der Waals surface area (Å²) >= 11 is 0. The average Bonchev–Trinajstić information content (AvgIpc) is 0.852. The van der Waals surface area contributed by atoms with Crippen molar-refractivity contribution in [2.45, 2.75) is 183 Å². The van der Waals surface area contributed by atoms with Crippen molar-refractivity contribution in [2.24, 2.45) is 0 Å². The average molecular weight is 1300 g/mol. The zero-order valence-corrected chi connectivity index (χ0v) is 64.2. The van der Waals surface area contributed by atoms with Crippen LogP contribution in [0.3, 0.4) is 0 Å². The van der Waals surface area contributed by atoms with Crippen LogP contribution in [-0.4, -0.2) is 85.3 Å². The number of hydrogen-bond donors (Lipinski definition) is 0. The molecule has 0 aliphatic rings. The highest BCUT2D eigenvalue weighted by Crippen LogP contribution is 2.41. The second-order valence-electron chi connectivity index (χ2n) is 29.5. The first-order valence-corrected chi connectivity index (χ1v) is 31.9. The summed E-state index contributed by atoms with van der Waals surface area (Å²) in [6.45, 7) is 45.6. The van der Waals surface area contributed by atoms with Gasteiger partial charge in [0, 0.05) is 28.8 Å². The number of hydrogen-bond acceptors (Lipinski definition) is 12. The third kappa shape index (κ3) is 27.6. The van der Waals surface area contributed by atoms with E-state index in [1.807, 2.05) is 91.0 Å². The molecule has 0 aliphatic carbocycles. The van der Waals surface area contributed by atoms with Gasteiger partial charge in [-0.15, -0.1) is 0 Å². The van der Waals surface area contributed by atoms with Crippen LogP contribution in [0.25, 0.3) is 0 Å². The van der Waals surface area contributed by atoms with E-state index < -0.39 is 0 Å². The third-order valence-corrected chi connectivity index (χ3v) is 14.9. The minimum absolute atomic E-state index is 0.0257. The molecule has 7 aromatic rings. The van der Waals surface area contributed by atoms with Gasteiger partial charge in [0.15, 0.2) is 23.0 Å². The summed E-state index contributed by atoms with van der Waals surface area (Å²) in [5.74, 6) is 10.2. The van der Waals surface area contributed by atoms with Crippen molar-refractivity contribution >= 4 is 0 Å². The van der Waals surface area contributed by atoms with Crippen molar-refractivity contribution in [2.75, 3.05) is 85.3 Å². The highest BCUT2D eigenvalue weighted by atomic mass is 16.5. The lowest BCUT2D eigenvalue weighted by Gasteiger charge is -2.24. The van der Waals surface area contributed by atoms with E-state index in [2.05, 4.69) is 194 Å². The Morgan fingerprint density at radius 2 is 0.585 bits per heavy atom. The Kier molecular flexibility index (Phi) is 33.9. The molecule has 12 nitrogen and oxygen atoms in total. The lowest BCUT2D eigenvalue weighted by molar-refractivity contribution is 0.345. The number of methoxy groups -OCH3 is 12. The molecule has 0 radical (unpaired) electrons. The fourth-order valence-corrected chi connectivity index (χ4v) is 9.37. The van der Waals surface area contributed by atoms with E-state index in [4.69, 9.17) is 56.8 Å². The minimum Gasteiger partial charge on any atom is -0.497 e. The molecular formula is C82H122O12. The van der Waals surface area contributed by atoms with Gasteiger partial charge >= 0.3 is 0 Å². The lowest BCUT2D eigenvalue weighted by Crippen LogP contribution is -2.14. The molecule has 522 valence electrons. The predicted octanol–water partition coefficient (Wildman–Crippen LogP) is 21.0. The molecule has 0 N–H and O–H groups in total. The summed E-state index contributed by atoms with van der Waals surface area (Å²) in [5, 5.41) is 0. The number of ether oxygens (including phenoxy) is 12. The first-order chi connectivity index (χ1) is 43.5. The van der Waals surface area contributed by atoms with Crippen LogP contribution in [0.15, 0.2) is 140 Å². The monoisotopic (exact) mass is 1300 g/mol. The highest BCUT2D eigenvalue weighted by Gasteiger charge is 2.25. The molecule has 0 aliphatic heterocycles. The van der Waals surface area contributed by atoms with E-state index in [1.165, 1.54) is 33.4 Å². The van der Waals surface area contributed by atoms with Gasteiger partial charge in [0.1, 0.15) is 46.0 Å². The van der Waals surface area contributed by atoms with Crippen LogP contribution in [-0.2, 0) is 37.9 Å². The fraction of sp³-hybridized carbons (Fsp3) is 0.488. The Hall–Kier alpha value is -7.86. The van der Waals surface area contributed by atoms with Crippen LogP contribution in [0.5, 0.6) is 69.0 Å². The smallest absolute Gasteiger partial charge is 0.164 e. The maximum atomic E-state index is 5.37. The van der Waals surface area contributed by atoms with Gasteiger partial charge in [0.2, 0.25) is 0 Å². The maximum absolute atomic E-state index is 5.37. The SMILES string of the molecule is CC(C)(C)c1ccccc1.COc1cc(OC)cc(C(C)(C)C)c1.COc1ccc(C(C)(C)C)c(OC)c1.COc1ccc(C(C)(C)C)cc1OC.COc1ccc(OC)c(C(C)(C)C)c1.COc1cccc(C(C)(C)C)c1OC.COc1cccc(OC)c1C(C)(C)C. The van der Waals surface area contributed by atoms with Crippen molar-refractivity contribution < 1.29 is 56.8 Å². The zero-order chi connectivity index (χ0) is 72.2. The zero-order valence-electron chi connectivity index (χ0n) is 64.2. The molecule has 0 bridgehead atoms. The van der Waals surface area contributed by atoms with E-state index in [0.717, 1.165) is 74.6 Å². The van der Waals surface area contributed by atoms with Gasteiger partial charge in [-0.05, 0) is 127 Å². The summed E-state index contributed by atoms with van der Waals surface area (Å²) in [6, 6.07) is 46.2.